The van der Waals surface area contributed by atoms with Crippen molar-refractivity contribution in [3.8, 4) is 0 Å². The van der Waals surface area contributed by atoms with E-state index in [0.29, 0.717) is 11.3 Å². The topological polar surface area (TPSA) is 61.4 Å². The number of carbonyl (C=O) groups is 2. The maximum atomic E-state index is 13.1. The van der Waals surface area contributed by atoms with Crippen molar-refractivity contribution in [3.05, 3.63) is 59.7 Å². The zero-order chi connectivity index (χ0) is 20.1. The van der Waals surface area contributed by atoms with Crippen molar-refractivity contribution in [2.45, 2.75) is 38.1 Å². The van der Waals surface area contributed by atoms with E-state index in [1.807, 2.05) is 49.4 Å². The summed E-state index contributed by atoms with van der Waals surface area (Å²) < 4.78 is 0. The van der Waals surface area contributed by atoms with Crippen LogP contribution in [-0.2, 0) is 4.79 Å². The molecule has 3 rings (SSSR count). The number of rotatable bonds is 6. The lowest BCUT2D eigenvalue weighted by Crippen LogP contribution is -2.30. The molecule has 1 heterocycles. The molecule has 2 N–H and O–H groups in total. The van der Waals surface area contributed by atoms with Crippen LogP contribution in [-0.4, -0.2) is 30.3 Å². The average molecular weight is 400 g/mol. The number of amides is 2. The molecule has 0 spiro atoms. The van der Waals surface area contributed by atoms with Gasteiger partial charge in [0, 0.05) is 24.5 Å². The zero-order valence-corrected chi connectivity index (χ0v) is 17.0. The van der Waals surface area contributed by atoms with Gasteiger partial charge in [0.1, 0.15) is 5.38 Å². The molecule has 0 unspecified atom stereocenters. The number of nitrogens with one attached hydrogen (secondary N) is 2. The Morgan fingerprint density at radius 3 is 2.36 bits per heavy atom. The third-order valence-corrected chi connectivity index (χ3v) is 5.16. The van der Waals surface area contributed by atoms with Crippen LogP contribution in [0, 0.1) is 0 Å². The van der Waals surface area contributed by atoms with Crippen molar-refractivity contribution in [3.63, 3.8) is 0 Å². The fourth-order valence-corrected chi connectivity index (χ4v) is 3.43. The van der Waals surface area contributed by atoms with Crippen LogP contribution in [0.4, 0.5) is 11.4 Å². The first-order valence-electron chi connectivity index (χ1n) is 9.65. The van der Waals surface area contributed by atoms with Gasteiger partial charge in [0.25, 0.3) is 5.91 Å². The van der Waals surface area contributed by atoms with E-state index in [0.717, 1.165) is 37.2 Å². The van der Waals surface area contributed by atoms with Gasteiger partial charge in [-0.3, -0.25) is 9.59 Å². The number of nitrogens with zero attached hydrogens (tertiary/aromatic N) is 1. The molecule has 1 fully saturated rings. The van der Waals surface area contributed by atoms with Crippen molar-refractivity contribution in [1.82, 2.24) is 5.32 Å². The van der Waals surface area contributed by atoms with Gasteiger partial charge in [0.05, 0.1) is 11.6 Å². The number of hydrogen-bond donors (Lipinski definition) is 2. The Labute approximate surface area is 171 Å². The van der Waals surface area contributed by atoms with E-state index in [-0.39, 0.29) is 17.9 Å². The molecule has 2 aromatic carbocycles. The summed E-state index contributed by atoms with van der Waals surface area (Å²) in [6, 6.07) is 15.2. The highest BCUT2D eigenvalue weighted by atomic mass is 35.5. The average Bonchev–Trinajstić information content (AvgIpc) is 3.23. The molecule has 28 heavy (non-hydrogen) atoms. The standard InChI is InChI=1S/C22H26ClN3O2/c1-15(23)21(27)25-18-10-11-20(26-12-6-7-13-26)19(14-18)22(28)24-16(2)17-8-4-3-5-9-17/h3-5,8-11,14-16H,6-7,12-13H2,1-2H3,(H,24,28)(H,25,27)/t15-,16-/m0/s1. The summed E-state index contributed by atoms with van der Waals surface area (Å²) in [5.41, 5.74) is 3.06. The molecule has 2 atom stereocenters. The minimum atomic E-state index is -0.645. The van der Waals surface area contributed by atoms with Gasteiger partial charge in [-0.1, -0.05) is 30.3 Å². The summed E-state index contributed by atoms with van der Waals surface area (Å²) in [6.45, 7) is 5.44. The first kappa shape index (κ1) is 20.2. The highest BCUT2D eigenvalue weighted by Crippen LogP contribution is 2.28. The maximum absolute atomic E-state index is 13.1. The van der Waals surface area contributed by atoms with Gasteiger partial charge >= 0.3 is 0 Å². The van der Waals surface area contributed by atoms with Crippen molar-refractivity contribution in [2.75, 3.05) is 23.3 Å². The Hall–Kier alpha value is -2.53. The summed E-state index contributed by atoms with van der Waals surface area (Å²) in [5.74, 6) is -0.451. The minimum absolute atomic E-state index is 0.124. The van der Waals surface area contributed by atoms with Crippen LogP contribution in [0.5, 0.6) is 0 Å². The monoisotopic (exact) mass is 399 g/mol. The van der Waals surface area contributed by atoms with Crippen LogP contribution in [0.25, 0.3) is 0 Å². The molecule has 0 bridgehead atoms. The summed E-state index contributed by atoms with van der Waals surface area (Å²) in [6.07, 6.45) is 2.23. The van der Waals surface area contributed by atoms with Crippen LogP contribution in [0.15, 0.2) is 48.5 Å². The van der Waals surface area contributed by atoms with Crippen molar-refractivity contribution < 1.29 is 9.59 Å². The van der Waals surface area contributed by atoms with Crippen molar-refractivity contribution in [2.24, 2.45) is 0 Å². The number of halogens is 1. The number of benzene rings is 2. The van der Waals surface area contributed by atoms with Gasteiger partial charge in [-0.05, 0) is 50.5 Å². The second-order valence-electron chi connectivity index (χ2n) is 7.14. The first-order valence-corrected chi connectivity index (χ1v) is 10.1. The van der Waals surface area contributed by atoms with Gasteiger partial charge < -0.3 is 15.5 Å². The zero-order valence-electron chi connectivity index (χ0n) is 16.2. The van der Waals surface area contributed by atoms with E-state index in [9.17, 15) is 9.59 Å². The van der Waals surface area contributed by atoms with Crippen molar-refractivity contribution >= 4 is 34.8 Å². The number of alkyl halides is 1. The lowest BCUT2D eigenvalue weighted by molar-refractivity contribution is -0.115. The predicted molar refractivity (Wildman–Crippen MR) is 114 cm³/mol. The lowest BCUT2D eigenvalue weighted by atomic mass is 10.1. The molecule has 1 saturated heterocycles. The number of anilines is 2. The molecule has 0 aliphatic carbocycles. The fourth-order valence-electron chi connectivity index (χ4n) is 3.37. The van der Waals surface area contributed by atoms with E-state index < -0.39 is 5.38 Å². The molecule has 6 heteroatoms. The number of carbonyl (C=O) groups excluding carboxylic acids is 2. The third kappa shape index (κ3) is 4.84. The van der Waals surface area contributed by atoms with E-state index in [1.165, 1.54) is 0 Å². The van der Waals surface area contributed by atoms with Gasteiger partial charge in [-0.25, -0.2) is 0 Å². The molecule has 5 nitrogen and oxygen atoms in total. The minimum Gasteiger partial charge on any atom is -0.371 e. The molecule has 0 aromatic heterocycles. The van der Waals surface area contributed by atoms with E-state index in [1.54, 1.807) is 13.0 Å². The van der Waals surface area contributed by atoms with Gasteiger partial charge in [0.15, 0.2) is 0 Å². The highest BCUT2D eigenvalue weighted by molar-refractivity contribution is 6.32. The molecule has 0 radical (unpaired) electrons. The molecular weight excluding hydrogens is 374 g/mol. The molecule has 1 aliphatic heterocycles. The second kappa shape index (κ2) is 9.11. The summed E-state index contributed by atoms with van der Waals surface area (Å²) in [5, 5.41) is 5.20. The normalized spacial score (nSPS) is 15.8. The molecule has 2 aromatic rings. The van der Waals surface area contributed by atoms with Crippen LogP contribution >= 0.6 is 11.6 Å². The largest absolute Gasteiger partial charge is 0.371 e. The van der Waals surface area contributed by atoms with Crippen molar-refractivity contribution in [1.29, 1.82) is 0 Å². The van der Waals surface area contributed by atoms with Gasteiger partial charge in [0.2, 0.25) is 5.91 Å². The van der Waals surface area contributed by atoms with Gasteiger partial charge in [-0.15, -0.1) is 11.6 Å². The molecule has 1 aliphatic rings. The second-order valence-corrected chi connectivity index (χ2v) is 7.79. The summed E-state index contributed by atoms with van der Waals surface area (Å²) >= 11 is 5.85. The Balaban J connectivity index is 1.86. The molecule has 148 valence electrons. The van der Waals surface area contributed by atoms with Gasteiger partial charge in [-0.2, -0.15) is 0 Å². The molecular formula is C22H26ClN3O2. The fraction of sp³-hybridized carbons (Fsp3) is 0.364. The quantitative estimate of drug-likeness (QED) is 0.710. The predicted octanol–water partition coefficient (Wildman–Crippen LogP) is 4.34. The van der Waals surface area contributed by atoms with Crippen LogP contribution in [0.2, 0.25) is 0 Å². The molecule has 0 saturated carbocycles. The summed E-state index contributed by atoms with van der Waals surface area (Å²) in [4.78, 5) is 27.3. The molecule has 2 amide bonds. The number of hydrogen-bond acceptors (Lipinski definition) is 3. The first-order chi connectivity index (χ1) is 13.5. The third-order valence-electron chi connectivity index (χ3n) is 4.96. The van der Waals surface area contributed by atoms with Crippen LogP contribution in [0.3, 0.4) is 0 Å². The highest BCUT2D eigenvalue weighted by Gasteiger charge is 2.22. The maximum Gasteiger partial charge on any atom is 0.253 e. The summed E-state index contributed by atoms with van der Waals surface area (Å²) in [7, 11) is 0. The smallest absolute Gasteiger partial charge is 0.253 e. The lowest BCUT2D eigenvalue weighted by Gasteiger charge is -2.23. The van der Waals surface area contributed by atoms with Crippen LogP contribution in [0.1, 0.15) is 48.7 Å². The van der Waals surface area contributed by atoms with Crippen LogP contribution < -0.4 is 15.5 Å². The Morgan fingerprint density at radius 1 is 1.04 bits per heavy atom. The van der Waals surface area contributed by atoms with E-state index in [2.05, 4.69) is 15.5 Å². The Kier molecular flexibility index (Phi) is 6.57. The van der Waals surface area contributed by atoms with E-state index >= 15 is 0 Å². The van der Waals surface area contributed by atoms with E-state index in [4.69, 9.17) is 11.6 Å². The Bertz CT molecular complexity index is 833. The Morgan fingerprint density at radius 2 is 1.71 bits per heavy atom. The SMILES string of the molecule is C[C@H](Cl)C(=O)Nc1ccc(N2CCCC2)c(C(=O)N[C@@H](C)c2ccccc2)c1.